The monoisotopic (exact) mass is 431 g/mol. The Morgan fingerprint density at radius 3 is 2.61 bits per heavy atom. The number of aromatic nitrogens is 4. The van der Waals surface area contributed by atoms with Crippen LogP contribution in [-0.4, -0.2) is 31.2 Å². The van der Waals surface area contributed by atoms with Gasteiger partial charge in [-0.25, -0.2) is 4.98 Å². The SMILES string of the molecule is CCCn1ncc(CN2CCc3nc(-c4ccc(C(F)(F)F)cc4)[nH]c(=O)c3C2)c1C. The van der Waals surface area contributed by atoms with Gasteiger partial charge in [0.2, 0.25) is 0 Å². The van der Waals surface area contributed by atoms with Crippen LogP contribution >= 0.6 is 0 Å². The summed E-state index contributed by atoms with van der Waals surface area (Å²) in [6.45, 7) is 6.97. The first-order valence-electron chi connectivity index (χ1n) is 10.3. The average molecular weight is 431 g/mol. The molecule has 4 rings (SSSR count). The normalized spacial score (nSPS) is 14.6. The number of hydrogen-bond acceptors (Lipinski definition) is 4. The van der Waals surface area contributed by atoms with Gasteiger partial charge < -0.3 is 4.98 Å². The number of fused-ring (bicyclic) bond motifs is 1. The number of aromatic amines is 1. The lowest BCUT2D eigenvalue weighted by molar-refractivity contribution is -0.137. The van der Waals surface area contributed by atoms with E-state index < -0.39 is 11.7 Å². The summed E-state index contributed by atoms with van der Waals surface area (Å²) in [6.07, 6.45) is -0.892. The van der Waals surface area contributed by atoms with Crippen molar-refractivity contribution in [3.05, 3.63) is 68.9 Å². The number of benzene rings is 1. The van der Waals surface area contributed by atoms with Crippen LogP contribution in [0.2, 0.25) is 0 Å². The van der Waals surface area contributed by atoms with Gasteiger partial charge in [-0.2, -0.15) is 18.3 Å². The summed E-state index contributed by atoms with van der Waals surface area (Å²) < 4.78 is 40.4. The summed E-state index contributed by atoms with van der Waals surface area (Å²) in [6, 6.07) is 4.66. The van der Waals surface area contributed by atoms with Crippen LogP contribution in [0.3, 0.4) is 0 Å². The number of alkyl halides is 3. The van der Waals surface area contributed by atoms with Crippen molar-refractivity contribution in [2.75, 3.05) is 6.54 Å². The van der Waals surface area contributed by atoms with Crippen molar-refractivity contribution in [1.29, 1.82) is 0 Å². The lowest BCUT2D eigenvalue weighted by Crippen LogP contribution is -2.35. The van der Waals surface area contributed by atoms with Gasteiger partial charge in [-0.05, 0) is 25.5 Å². The van der Waals surface area contributed by atoms with Gasteiger partial charge in [-0.15, -0.1) is 0 Å². The number of hydrogen-bond donors (Lipinski definition) is 1. The molecule has 0 spiro atoms. The fourth-order valence-electron chi connectivity index (χ4n) is 3.89. The highest BCUT2D eigenvalue weighted by Crippen LogP contribution is 2.30. The van der Waals surface area contributed by atoms with Gasteiger partial charge in [-0.3, -0.25) is 14.4 Å². The molecule has 164 valence electrons. The van der Waals surface area contributed by atoms with Crippen molar-refractivity contribution in [3.63, 3.8) is 0 Å². The van der Waals surface area contributed by atoms with Crippen molar-refractivity contribution in [2.24, 2.45) is 0 Å². The second-order valence-corrected chi connectivity index (χ2v) is 7.85. The molecule has 6 nitrogen and oxygen atoms in total. The van der Waals surface area contributed by atoms with Crippen molar-refractivity contribution < 1.29 is 13.2 Å². The van der Waals surface area contributed by atoms with E-state index in [-0.39, 0.29) is 5.56 Å². The molecule has 1 aromatic carbocycles. The van der Waals surface area contributed by atoms with Gasteiger partial charge in [0.25, 0.3) is 5.56 Å². The molecule has 31 heavy (non-hydrogen) atoms. The molecule has 3 aromatic rings. The second-order valence-electron chi connectivity index (χ2n) is 7.85. The van der Waals surface area contributed by atoms with Crippen LogP contribution in [0, 0.1) is 6.92 Å². The zero-order chi connectivity index (χ0) is 22.2. The standard InChI is InChI=1S/C22H24F3N5O/c1-3-9-30-14(2)16(11-26-30)12-29-10-8-19-18(13-29)21(31)28-20(27-19)15-4-6-17(7-5-15)22(23,24)25/h4-7,11H,3,8-10,12-13H2,1-2H3,(H,27,28,31). The molecule has 1 aliphatic heterocycles. The van der Waals surface area contributed by atoms with Crippen LogP contribution in [-0.2, 0) is 32.2 Å². The number of nitrogens with one attached hydrogen (secondary N) is 1. The molecule has 1 N–H and O–H groups in total. The Bertz CT molecular complexity index is 1130. The molecule has 0 bridgehead atoms. The Morgan fingerprint density at radius 2 is 1.94 bits per heavy atom. The minimum absolute atomic E-state index is 0.247. The molecule has 0 aliphatic carbocycles. The van der Waals surface area contributed by atoms with Crippen molar-refractivity contribution >= 4 is 0 Å². The van der Waals surface area contributed by atoms with E-state index in [0.29, 0.717) is 42.2 Å². The maximum atomic E-state index is 12.8. The first-order chi connectivity index (χ1) is 14.8. The van der Waals surface area contributed by atoms with Crippen molar-refractivity contribution in [2.45, 2.75) is 52.5 Å². The van der Waals surface area contributed by atoms with E-state index in [1.54, 1.807) is 0 Å². The van der Waals surface area contributed by atoms with Crippen LogP contribution in [0.1, 0.15) is 41.4 Å². The molecule has 0 fully saturated rings. The molecule has 0 atom stereocenters. The van der Waals surface area contributed by atoms with Gasteiger partial charge in [0.1, 0.15) is 5.82 Å². The van der Waals surface area contributed by atoms with Gasteiger partial charge in [0.15, 0.2) is 0 Å². The molecule has 0 saturated carbocycles. The van der Waals surface area contributed by atoms with Crippen LogP contribution in [0.25, 0.3) is 11.4 Å². The third-order valence-corrected chi connectivity index (χ3v) is 5.67. The minimum atomic E-state index is -4.40. The highest BCUT2D eigenvalue weighted by atomic mass is 19.4. The zero-order valence-corrected chi connectivity index (χ0v) is 17.5. The predicted molar refractivity (Wildman–Crippen MR) is 110 cm³/mol. The summed E-state index contributed by atoms with van der Waals surface area (Å²) in [4.78, 5) is 22.2. The Hall–Kier alpha value is -2.94. The van der Waals surface area contributed by atoms with E-state index in [1.807, 2.05) is 10.9 Å². The third-order valence-electron chi connectivity index (χ3n) is 5.67. The van der Waals surface area contributed by atoms with Crippen LogP contribution < -0.4 is 5.56 Å². The summed E-state index contributed by atoms with van der Waals surface area (Å²) in [7, 11) is 0. The second kappa shape index (κ2) is 8.30. The number of halogens is 3. The van der Waals surface area contributed by atoms with Gasteiger partial charge in [0.05, 0.1) is 23.0 Å². The van der Waals surface area contributed by atoms with E-state index in [0.717, 1.165) is 42.9 Å². The Morgan fingerprint density at radius 1 is 1.19 bits per heavy atom. The van der Waals surface area contributed by atoms with Crippen molar-refractivity contribution in [3.8, 4) is 11.4 Å². The highest BCUT2D eigenvalue weighted by molar-refractivity contribution is 5.56. The Kier molecular flexibility index (Phi) is 5.70. The van der Waals surface area contributed by atoms with E-state index in [2.05, 4.69) is 33.8 Å². The molecule has 0 unspecified atom stereocenters. The van der Waals surface area contributed by atoms with E-state index in [1.165, 1.54) is 12.1 Å². The Balaban J connectivity index is 1.53. The van der Waals surface area contributed by atoms with Gasteiger partial charge >= 0.3 is 6.18 Å². The lowest BCUT2D eigenvalue weighted by Gasteiger charge is -2.27. The predicted octanol–water partition coefficient (Wildman–Crippen LogP) is 3.93. The largest absolute Gasteiger partial charge is 0.416 e. The molecular weight excluding hydrogens is 407 g/mol. The quantitative estimate of drug-likeness (QED) is 0.665. The summed E-state index contributed by atoms with van der Waals surface area (Å²) in [5.74, 6) is 0.294. The number of nitrogens with zero attached hydrogens (tertiary/aromatic N) is 4. The number of aryl methyl sites for hydroxylation is 1. The van der Waals surface area contributed by atoms with Gasteiger partial charge in [0, 0.05) is 49.4 Å². The number of H-pyrrole nitrogens is 1. The first kappa shape index (κ1) is 21.3. The minimum Gasteiger partial charge on any atom is -0.306 e. The molecular formula is C22H24F3N5O. The summed E-state index contributed by atoms with van der Waals surface area (Å²) in [5, 5.41) is 4.44. The molecule has 2 aromatic heterocycles. The van der Waals surface area contributed by atoms with Crippen molar-refractivity contribution in [1.82, 2.24) is 24.6 Å². The van der Waals surface area contributed by atoms with E-state index >= 15 is 0 Å². The Labute approximate surface area is 177 Å². The fourth-order valence-corrected chi connectivity index (χ4v) is 3.89. The molecule has 9 heteroatoms. The molecule has 0 radical (unpaired) electrons. The maximum absolute atomic E-state index is 12.8. The maximum Gasteiger partial charge on any atom is 0.416 e. The van der Waals surface area contributed by atoms with Crippen LogP contribution in [0.15, 0.2) is 35.3 Å². The third kappa shape index (κ3) is 4.41. The fraction of sp³-hybridized carbons (Fsp3) is 0.409. The molecule has 0 saturated heterocycles. The van der Waals surface area contributed by atoms with Gasteiger partial charge in [-0.1, -0.05) is 19.1 Å². The highest BCUT2D eigenvalue weighted by Gasteiger charge is 2.30. The van der Waals surface area contributed by atoms with E-state index in [4.69, 9.17) is 0 Å². The zero-order valence-electron chi connectivity index (χ0n) is 17.5. The smallest absolute Gasteiger partial charge is 0.306 e. The summed E-state index contributed by atoms with van der Waals surface area (Å²) in [5.41, 5.74) is 3.07. The van der Waals surface area contributed by atoms with E-state index in [9.17, 15) is 18.0 Å². The molecule has 1 aliphatic rings. The van der Waals surface area contributed by atoms with Crippen LogP contribution in [0.5, 0.6) is 0 Å². The molecule has 0 amide bonds. The molecule has 3 heterocycles. The summed E-state index contributed by atoms with van der Waals surface area (Å²) >= 11 is 0. The first-order valence-corrected chi connectivity index (χ1v) is 10.3. The average Bonchev–Trinajstić information content (AvgIpc) is 3.07. The number of rotatable bonds is 5. The van der Waals surface area contributed by atoms with Crippen LogP contribution in [0.4, 0.5) is 13.2 Å². The lowest BCUT2D eigenvalue weighted by atomic mass is 10.1. The topological polar surface area (TPSA) is 66.8 Å².